The van der Waals surface area contributed by atoms with Crippen molar-refractivity contribution in [2.24, 2.45) is 16.1 Å². The van der Waals surface area contributed by atoms with Gasteiger partial charge in [0.05, 0.1) is 6.04 Å². The summed E-state index contributed by atoms with van der Waals surface area (Å²) in [4.78, 5) is 28.6. The van der Waals surface area contributed by atoms with Gasteiger partial charge in [-0.1, -0.05) is 45.0 Å². The molecule has 0 saturated carbocycles. The number of carbonyl (C=O) groups excluding carboxylic acids is 2. The van der Waals surface area contributed by atoms with Gasteiger partial charge in [0, 0.05) is 0 Å². The average molecular weight is 287 g/mol. The monoisotopic (exact) mass is 287 g/mol. The molecule has 2 rings (SSSR count). The zero-order valence-electron chi connectivity index (χ0n) is 12.8. The van der Waals surface area contributed by atoms with Crippen LogP contribution in [0.15, 0.2) is 29.3 Å². The molecule has 1 aromatic carbocycles. The van der Waals surface area contributed by atoms with Crippen molar-refractivity contribution >= 4 is 17.6 Å². The topological polar surface area (TPSA) is 84.6 Å². The average Bonchev–Trinajstić information content (AvgIpc) is 2.38. The first kappa shape index (κ1) is 15.4. The van der Waals surface area contributed by atoms with Gasteiger partial charge in [0.15, 0.2) is 0 Å². The second-order valence-electron chi connectivity index (χ2n) is 6.46. The van der Waals surface area contributed by atoms with Crippen molar-refractivity contribution in [3.05, 3.63) is 35.4 Å². The molecule has 1 aliphatic rings. The standard InChI is InChI=1S/C16H21N3O2/c1-9-7-5-6-8-10(9)11-14(20)18-13(19-15(11)21)12(17)16(2,3)4/h5-8,11-12H,17H2,1-4H3,(H,18,19,20,21). The molecule has 21 heavy (non-hydrogen) atoms. The molecule has 112 valence electrons. The molecule has 2 amide bonds. The highest BCUT2D eigenvalue weighted by molar-refractivity contribution is 6.20. The number of nitrogens with two attached hydrogens (primary N) is 1. The van der Waals surface area contributed by atoms with Crippen molar-refractivity contribution in [3.63, 3.8) is 0 Å². The van der Waals surface area contributed by atoms with E-state index in [1.165, 1.54) is 0 Å². The smallest absolute Gasteiger partial charge is 0.264 e. The van der Waals surface area contributed by atoms with Gasteiger partial charge in [-0.2, -0.15) is 4.99 Å². The number of amidine groups is 1. The molecule has 0 spiro atoms. The normalized spacial score (nSPS) is 20.8. The van der Waals surface area contributed by atoms with Crippen molar-refractivity contribution in [1.82, 2.24) is 5.32 Å². The second kappa shape index (κ2) is 5.41. The summed E-state index contributed by atoms with van der Waals surface area (Å²) in [6.07, 6.45) is 0. The van der Waals surface area contributed by atoms with Crippen LogP contribution in [0.5, 0.6) is 0 Å². The van der Waals surface area contributed by atoms with Crippen LogP contribution >= 0.6 is 0 Å². The summed E-state index contributed by atoms with van der Waals surface area (Å²) < 4.78 is 0. The maximum Gasteiger partial charge on any atom is 0.264 e. The Hall–Kier alpha value is -2.01. The summed E-state index contributed by atoms with van der Waals surface area (Å²) >= 11 is 0. The lowest BCUT2D eigenvalue weighted by Crippen LogP contribution is -2.54. The maximum absolute atomic E-state index is 12.3. The summed E-state index contributed by atoms with van der Waals surface area (Å²) in [6, 6.07) is 6.83. The number of hydrogen-bond donors (Lipinski definition) is 2. The molecule has 1 heterocycles. The van der Waals surface area contributed by atoms with E-state index in [4.69, 9.17) is 5.73 Å². The molecule has 2 unspecified atom stereocenters. The van der Waals surface area contributed by atoms with Gasteiger partial charge in [0.25, 0.3) is 5.91 Å². The lowest BCUT2D eigenvalue weighted by atomic mass is 9.85. The van der Waals surface area contributed by atoms with E-state index in [-0.39, 0.29) is 17.2 Å². The molecule has 0 fully saturated rings. The quantitative estimate of drug-likeness (QED) is 0.809. The number of hydrogen-bond acceptors (Lipinski definition) is 3. The number of aryl methyl sites for hydroxylation is 1. The minimum Gasteiger partial charge on any atom is -0.321 e. The van der Waals surface area contributed by atoms with E-state index in [1.807, 2.05) is 45.9 Å². The lowest BCUT2D eigenvalue weighted by Gasteiger charge is -2.31. The lowest BCUT2D eigenvalue weighted by molar-refractivity contribution is -0.129. The molecular formula is C16H21N3O2. The fraction of sp³-hybridized carbons (Fsp3) is 0.438. The fourth-order valence-corrected chi connectivity index (χ4v) is 2.26. The van der Waals surface area contributed by atoms with Crippen molar-refractivity contribution in [3.8, 4) is 0 Å². The van der Waals surface area contributed by atoms with Gasteiger partial charge >= 0.3 is 0 Å². The van der Waals surface area contributed by atoms with Crippen LogP contribution in [-0.4, -0.2) is 23.7 Å². The molecule has 0 saturated heterocycles. The first-order valence-corrected chi connectivity index (χ1v) is 6.96. The highest BCUT2D eigenvalue weighted by atomic mass is 16.2. The van der Waals surface area contributed by atoms with Gasteiger partial charge in [-0.05, 0) is 23.5 Å². The Labute approximate surface area is 124 Å². The summed E-state index contributed by atoms with van der Waals surface area (Å²) in [5.74, 6) is -1.45. The Bertz CT molecular complexity index is 614. The number of benzene rings is 1. The molecule has 0 radical (unpaired) electrons. The summed E-state index contributed by atoms with van der Waals surface area (Å²) in [7, 11) is 0. The zero-order valence-corrected chi connectivity index (χ0v) is 12.8. The minimum absolute atomic E-state index is 0.252. The predicted molar refractivity (Wildman–Crippen MR) is 81.9 cm³/mol. The summed E-state index contributed by atoms with van der Waals surface area (Å²) in [5, 5.41) is 2.69. The van der Waals surface area contributed by atoms with Gasteiger partial charge in [-0.3, -0.25) is 9.59 Å². The van der Waals surface area contributed by atoms with Crippen LogP contribution in [0, 0.1) is 12.3 Å². The number of aliphatic imine (C=N–C) groups is 1. The third-order valence-electron chi connectivity index (χ3n) is 3.72. The van der Waals surface area contributed by atoms with Gasteiger partial charge in [-0.25, -0.2) is 0 Å². The number of nitrogens with one attached hydrogen (secondary N) is 1. The number of amides is 2. The Kier molecular flexibility index (Phi) is 3.96. The van der Waals surface area contributed by atoms with Crippen molar-refractivity contribution in [2.45, 2.75) is 39.7 Å². The third-order valence-corrected chi connectivity index (χ3v) is 3.72. The van der Waals surface area contributed by atoms with Crippen LogP contribution in [0.2, 0.25) is 0 Å². The first-order valence-electron chi connectivity index (χ1n) is 6.96. The van der Waals surface area contributed by atoms with Crippen LogP contribution in [0.25, 0.3) is 0 Å². The van der Waals surface area contributed by atoms with Crippen molar-refractivity contribution in [1.29, 1.82) is 0 Å². The molecule has 2 atom stereocenters. The molecule has 5 nitrogen and oxygen atoms in total. The number of carbonyl (C=O) groups is 2. The molecule has 1 aliphatic heterocycles. The van der Waals surface area contributed by atoms with Crippen LogP contribution in [0.3, 0.4) is 0 Å². The predicted octanol–water partition coefficient (Wildman–Crippen LogP) is 1.51. The molecular weight excluding hydrogens is 266 g/mol. The second-order valence-corrected chi connectivity index (χ2v) is 6.46. The summed E-state index contributed by atoms with van der Waals surface area (Å²) in [5.41, 5.74) is 7.36. The Morgan fingerprint density at radius 3 is 2.38 bits per heavy atom. The van der Waals surface area contributed by atoms with Crippen molar-refractivity contribution in [2.75, 3.05) is 0 Å². The Morgan fingerprint density at radius 1 is 1.24 bits per heavy atom. The SMILES string of the molecule is Cc1ccccc1C1C(=O)N=C(C(N)C(C)(C)C)NC1=O. The maximum atomic E-state index is 12.3. The van der Waals surface area contributed by atoms with Gasteiger partial charge < -0.3 is 11.1 Å². The Morgan fingerprint density at radius 2 is 1.86 bits per heavy atom. The molecule has 1 aromatic rings. The molecule has 0 aliphatic carbocycles. The van der Waals surface area contributed by atoms with E-state index < -0.39 is 17.9 Å². The van der Waals surface area contributed by atoms with Crippen LogP contribution in [0.4, 0.5) is 0 Å². The summed E-state index contributed by atoms with van der Waals surface area (Å²) in [6.45, 7) is 7.68. The van der Waals surface area contributed by atoms with E-state index in [1.54, 1.807) is 6.07 Å². The highest BCUT2D eigenvalue weighted by Gasteiger charge is 2.37. The van der Waals surface area contributed by atoms with E-state index in [2.05, 4.69) is 10.3 Å². The van der Waals surface area contributed by atoms with Crippen LogP contribution in [0.1, 0.15) is 37.8 Å². The van der Waals surface area contributed by atoms with Crippen LogP contribution < -0.4 is 11.1 Å². The van der Waals surface area contributed by atoms with Gasteiger partial charge in [0.2, 0.25) is 5.91 Å². The highest BCUT2D eigenvalue weighted by Crippen LogP contribution is 2.25. The Balaban J connectivity index is 2.36. The van der Waals surface area contributed by atoms with Gasteiger partial charge in [-0.15, -0.1) is 0 Å². The van der Waals surface area contributed by atoms with E-state index in [0.29, 0.717) is 5.56 Å². The van der Waals surface area contributed by atoms with E-state index >= 15 is 0 Å². The molecule has 0 aromatic heterocycles. The number of nitrogens with zero attached hydrogens (tertiary/aromatic N) is 1. The minimum atomic E-state index is -0.887. The van der Waals surface area contributed by atoms with Gasteiger partial charge in [0.1, 0.15) is 11.8 Å². The molecule has 0 bridgehead atoms. The van der Waals surface area contributed by atoms with Crippen LogP contribution in [-0.2, 0) is 9.59 Å². The molecule has 3 N–H and O–H groups in total. The third kappa shape index (κ3) is 3.03. The fourth-order valence-electron chi connectivity index (χ4n) is 2.26. The van der Waals surface area contributed by atoms with Crippen molar-refractivity contribution < 1.29 is 9.59 Å². The zero-order chi connectivity index (χ0) is 15.8. The van der Waals surface area contributed by atoms with E-state index in [0.717, 1.165) is 5.56 Å². The molecule has 5 heteroatoms. The number of rotatable bonds is 2. The van der Waals surface area contributed by atoms with E-state index in [9.17, 15) is 9.59 Å². The largest absolute Gasteiger partial charge is 0.321 e. The first-order chi connectivity index (χ1) is 9.71.